The van der Waals surface area contributed by atoms with E-state index in [2.05, 4.69) is 27.7 Å². The normalized spacial score (nSPS) is 11.6. The number of carbonyl (C=O) groups excluding carboxylic acids is 2. The van der Waals surface area contributed by atoms with Crippen molar-refractivity contribution < 1.29 is 23.2 Å². The van der Waals surface area contributed by atoms with Crippen LogP contribution in [0.2, 0.25) is 0 Å². The largest absolute Gasteiger partial charge is 0.466 e. The van der Waals surface area contributed by atoms with Crippen LogP contribution < -0.4 is 10.6 Å². The Hall–Kier alpha value is -4.53. The molecule has 2 N–H and O–H groups in total. The lowest BCUT2D eigenvalue weighted by atomic mass is 10.0. The van der Waals surface area contributed by atoms with Gasteiger partial charge in [0.15, 0.2) is 0 Å². The predicted octanol–water partition coefficient (Wildman–Crippen LogP) is 5.66. The summed E-state index contributed by atoms with van der Waals surface area (Å²) >= 11 is 0. The first kappa shape index (κ1) is 27.5. The number of halogens is 1. The van der Waals surface area contributed by atoms with Crippen molar-refractivity contribution >= 4 is 17.6 Å². The number of benzene rings is 3. The second-order valence-corrected chi connectivity index (χ2v) is 8.97. The smallest absolute Gasteiger partial charge is 0.307 e. The zero-order valence-electron chi connectivity index (χ0n) is 21.9. The lowest BCUT2D eigenvalue weighted by Gasteiger charge is -2.19. The molecule has 0 aliphatic heterocycles. The van der Waals surface area contributed by atoms with Gasteiger partial charge in [-0.1, -0.05) is 36.3 Å². The second-order valence-electron chi connectivity index (χ2n) is 8.97. The van der Waals surface area contributed by atoms with Crippen molar-refractivity contribution in [1.29, 1.82) is 0 Å². The van der Waals surface area contributed by atoms with Crippen LogP contribution in [0.25, 0.3) is 22.8 Å². The van der Waals surface area contributed by atoms with Gasteiger partial charge < -0.3 is 19.9 Å². The van der Waals surface area contributed by atoms with Crippen LogP contribution in [-0.2, 0) is 16.0 Å². The van der Waals surface area contributed by atoms with Gasteiger partial charge in [0.05, 0.1) is 13.0 Å². The Bertz CT molecular complexity index is 1370. The van der Waals surface area contributed by atoms with Gasteiger partial charge in [-0.3, -0.25) is 9.59 Å². The minimum Gasteiger partial charge on any atom is -0.466 e. The van der Waals surface area contributed by atoms with Gasteiger partial charge in [0.1, 0.15) is 5.82 Å². The van der Waals surface area contributed by atoms with E-state index < -0.39 is 0 Å². The fraction of sp³-hybridized carbons (Fsp3) is 0.267. The number of hydrogen-bond donors (Lipinski definition) is 2. The molecule has 39 heavy (non-hydrogen) atoms. The highest BCUT2D eigenvalue weighted by Gasteiger charge is 2.13. The molecule has 0 spiro atoms. The summed E-state index contributed by atoms with van der Waals surface area (Å²) in [5.74, 6) is -0.0777. The Morgan fingerprint density at radius 1 is 0.949 bits per heavy atom. The average molecular weight is 531 g/mol. The van der Waals surface area contributed by atoms with Crippen molar-refractivity contribution in [2.24, 2.45) is 0 Å². The van der Waals surface area contributed by atoms with Crippen molar-refractivity contribution in [3.63, 3.8) is 0 Å². The minimum absolute atomic E-state index is 0.143. The number of esters is 1. The van der Waals surface area contributed by atoms with Gasteiger partial charge in [0, 0.05) is 35.0 Å². The quantitative estimate of drug-likeness (QED) is 0.228. The molecule has 0 aliphatic carbocycles. The highest BCUT2D eigenvalue weighted by molar-refractivity contribution is 5.94. The Kier molecular flexibility index (Phi) is 9.39. The molecule has 0 aliphatic rings. The van der Waals surface area contributed by atoms with E-state index in [0.29, 0.717) is 29.4 Å². The van der Waals surface area contributed by atoms with E-state index in [4.69, 9.17) is 9.26 Å². The lowest BCUT2D eigenvalue weighted by Crippen LogP contribution is -2.26. The summed E-state index contributed by atoms with van der Waals surface area (Å²) in [4.78, 5) is 28.2. The van der Waals surface area contributed by atoms with Crippen LogP contribution in [0.3, 0.4) is 0 Å². The van der Waals surface area contributed by atoms with E-state index in [1.54, 1.807) is 31.2 Å². The summed E-state index contributed by atoms with van der Waals surface area (Å²) in [5, 5.41) is 10.3. The zero-order chi connectivity index (χ0) is 27.6. The number of rotatable bonds is 12. The number of anilines is 1. The molecule has 1 aromatic heterocycles. The Balaban J connectivity index is 1.30. The molecule has 1 unspecified atom stereocenters. The van der Waals surface area contributed by atoms with Crippen LogP contribution in [0, 0.1) is 5.82 Å². The van der Waals surface area contributed by atoms with Crippen molar-refractivity contribution in [2.45, 2.75) is 39.2 Å². The van der Waals surface area contributed by atoms with Crippen LogP contribution in [0.4, 0.5) is 10.1 Å². The molecular formula is C30H31FN4O4. The van der Waals surface area contributed by atoms with Gasteiger partial charge in [-0.2, -0.15) is 4.98 Å². The highest BCUT2D eigenvalue weighted by atomic mass is 19.1. The number of nitrogens with one attached hydrogen (secondary N) is 2. The Morgan fingerprint density at radius 2 is 1.64 bits per heavy atom. The molecule has 0 radical (unpaired) electrons. The van der Waals surface area contributed by atoms with Crippen molar-refractivity contribution in [3.05, 3.63) is 89.7 Å². The monoisotopic (exact) mass is 530 g/mol. The maximum atomic E-state index is 13.2. The minimum atomic E-state index is -0.330. The van der Waals surface area contributed by atoms with E-state index in [0.717, 1.165) is 29.7 Å². The van der Waals surface area contributed by atoms with Crippen molar-refractivity contribution in [3.8, 4) is 22.8 Å². The topological polar surface area (TPSA) is 106 Å². The second kappa shape index (κ2) is 13.3. The molecule has 4 rings (SSSR count). The van der Waals surface area contributed by atoms with Gasteiger partial charge in [0.25, 0.3) is 11.8 Å². The van der Waals surface area contributed by atoms with Gasteiger partial charge in [-0.15, -0.1) is 0 Å². The van der Waals surface area contributed by atoms with Crippen molar-refractivity contribution in [2.75, 3.05) is 18.5 Å². The fourth-order valence-corrected chi connectivity index (χ4v) is 3.99. The zero-order valence-corrected chi connectivity index (χ0v) is 21.9. The fourth-order valence-electron chi connectivity index (χ4n) is 3.99. The number of nitrogens with zero attached hydrogens (tertiary/aromatic N) is 2. The number of carbonyl (C=O) groups is 2. The van der Waals surface area contributed by atoms with Gasteiger partial charge >= 0.3 is 5.97 Å². The van der Waals surface area contributed by atoms with Crippen LogP contribution in [-0.4, -0.2) is 41.2 Å². The molecule has 0 saturated carbocycles. The molecule has 0 fully saturated rings. The standard InChI is InChI=1S/C30H31FN4O4/c1-3-25(33-26-15-11-22(12-16-26)29(37)32-18-17-27(36)38-4-2)19-20-5-7-21(8-6-20)28-34-30(39-35-28)23-9-13-24(31)14-10-23/h5-16,25,33H,3-4,17-19H2,1-2H3,(H,32,37). The lowest BCUT2D eigenvalue weighted by molar-refractivity contribution is -0.142. The van der Waals surface area contributed by atoms with Crippen LogP contribution >= 0.6 is 0 Å². The van der Waals surface area contributed by atoms with Gasteiger partial charge in [-0.25, -0.2) is 4.39 Å². The molecule has 4 aromatic rings. The number of amides is 1. The molecule has 202 valence electrons. The van der Waals surface area contributed by atoms with E-state index in [-0.39, 0.29) is 36.7 Å². The van der Waals surface area contributed by atoms with Crippen LogP contribution in [0.5, 0.6) is 0 Å². The van der Waals surface area contributed by atoms with E-state index in [9.17, 15) is 14.0 Å². The summed E-state index contributed by atoms with van der Waals surface area (Å²) in [6, 6.07) is 21.4. The van der Waals surface area contributed by atoms with E-state index in [1.807, 2.05) is 36.4 Å². The van der Waals surface area contributed by atoms with Crippen molar-refractivity contribution in [1.82, 2.24) is 15.5 Å². The molecule has 1 atom stereocenters. The SMILES string of the molecule is CCOC(=O)CCNC(=O)c1ccc(NC(CC)Cc2ccc(-c3noc(-c4ccc(F)cc4)n3)cc2)cc1. The van der Waals surface area contributed by atoms with Crippen LogP contribution in [0.15, 0.2) is 77.3 Å². The molecule has 0 bridgehead atoms. The van der Waals surface area contributed by atoms with Crippen LogP contribution in [0.1, 0.15) is 42.6 Å². The highest BCUT2D eigenvalue weighted by Crippen LogP contribution is 2.23. The van der Waals surface area contributed by atoms with Gasteiger partial charge in [0.2, 0.25) is 5.82 Å². The molecule has 3 aromatic carbocycles. The van der Waals surface area contributed by atoms with E-state index in [1.165, 1.54) is 12.1 Å². The summed E-state index contributed by atoms with van der Waals surface area (Å²) in [6.07, 6.45) is 1.86. The van der Waals surface area contributed by atoms with Gasteiger partial charge in [-0.05, 0) is 73.9 Å². The number of hydrogen-bond acceptors (Lipinski definition) is 7. The molecule has 9 heteroatoms. The third-order valence-electron chi connectivity index (χ3n) is 6.14. The number of ether oxygens (including phenoxy) is 1. The Labute approximate surface area is 226 Å². The summed E-state index contributed by atoms with van der Waals surface area (Å²) in [7, 11) is 0. The third-order valence-corrected chi connectivity index (χ3v) is 6.14. The first-order valence-electron chi connectivity index (χ1n) is 12.9. The summed E-state index contributed by atoms with van der Waals surface area (Å²) in [6.45, 7) is 4.42. The molecule has 0 saturated heterocycles. The molecular weight excluding hydrogens is 499 g/mol. The Morgan fingerprint density at radius 3 is 2.31 bits per heavy atom. The first-order valence-corrected chi connectivity index (χ1v) is 12.9. The number of aromatic nitrogens is 2. The predicted molar refractivity (Wildman–Crippen MR) is 147 cm³/mol. The third kappa shape index (κ3) is 7.73. The average Bonchev–Trinajstić information content (AvgIpc) is 3.44. The van der Waals surface area contributed by atoms with E-state index >= 15 is 0 Å². The summed E-state index contributed by atoms with van der Waals surface area (Å²) < 4.78 is 23.4. The maximum absolute atomic E-state index is 13.2. The maximum Gasteiger partial charge on any atom is 0.307 e. The molecule has 1 heterocycles. The summed E-state index contributed by atoms with van der Waals surface area (Å²) in [5.41, 5.74) is 4.08. The molecule has 8 nitrogen and oxygen atoms in total. The first-order chi connectivity index (χ1) is 18.9. The molecule has 1 amide bonds.